The molecule has 2 aromatic rings. The van der Waals surface area contributed by atoms with Crippen molar-refractivity contribution in [2.75, 3.05) is 26.2 Å². The molecule has 0 saturated heterocycles. The minimum absolute atomic E-state index is 0.396. The van der Waals surface area contributed by atoms with Crippen LogP contribution in [0.4, 0.5) is 0 Å². The Balaban J connectivity index is 2.22. The minimum atomic E-state index is -1.69. The molecule has 1 amide bonds. The number of hydrogen-bond acceptors (Lipinski definition) is 3. The van der Waals surface area contributed by atoms with E-state index in [2.05, 4.69) is 24.1 Å². The Labute approximate surface area is 144 Å². The summed E-state index contributed by atoms with van der Waals surface area (Å²) >= 11 is 0. The van der Waals surface area contributed by atoms with Crippen molar-refractivity contribution >= 4 is 5.91 Å². The van der Waals surface area contributed by atoms with Crippen LogP contribution in [0.25, 0.3) is 0 Å². The first-order valence-corrected chi connectivity index (χ1v) is 8.47. The zero-order valence-corrected chi connectivity index (χ0v) is 14.4. The fraction of sp³-hybridized carbons (Fsp3) is 0.350. The monoisotopic (exact) mass is 326 g/mol. The molecule has 0 aliphatic carbocycles. The van der Waals surface area contributed by atoms with Crippen LogP contribution in [0.1, 0.15) is 25.0 Å². The van der Waals surface area contributed by atoms with Crippen LogP contribution in [0.15, 0.2) is 60.7 Å². The number of nitrogens with zero attached hydrogens (tertiary/aromatic N) is 1. The van der Waals surface area contributed by atoms with Crippen LogP contribution in [0.2, 0.25) is 0 Å². The highest BCUT2D eigenvalue weighted by molar-refractivity contribution is 5.90. The summed E-state index contributed by atoms with van der Waals surface area (Å²) < 4.78 is 0. The van der Waals surface area contributed by atoms with Gasteiger partial charge in [0.15, 0.2) is 5.60 Å². The minimum Gasteiger partial charge on any atom is -0.372 e. The molecule has 24 heavy (non-hydrogen) atoms. The highest BCUT2D eigenvalue weighted by Gasteiger charge is 2.39. The molecule has 0 spiro atoms. The van der Waals surface area contributed by atoms with Crippen molar-refractivity contribution in [3.8, 4) is 0 Å². The van der Waals surface area contributed by atoms with Gasteiger partial charge in [0.2, 0.25) is 0 Å². The Hall–Kier alpha value is -2.17. The number of likely N-dealkylation sites (N-methyl/N-ethyl adjacent to an activating group) is 1. The van der Waals surface area contributed by atoms with Gasteiger partial charge in [-0.15, -0.1) is 0 Å². The zero-order chi connectivity index (χ0) is 17.4. The second kappa shape index (κ2) is 8.62. The molecule has 128 valence electrons. The van der Waals surface area contributed by atoms with Gasteiger partial charge in [-0.1, -0.05) is 74.5 Å². The fourth-order valence-electron chi connectivity index (χ4n) is 2.78. The number of carbonyl (C=O) groups excluding carboxylic acids is 1. The Morgan fingerprint density at radius 1 is 0.958 bits per heavy atom. The first kappa shape index (κ1) is 18.2. The standard InChI is InChI=1S/C20H26N2O2/c1-3-22(4-2)16-15-21-19(23)20(24,17-11-7-5-8-12-17)18-13-9-6-10-14-18/h5-14,24H,3-4,15-16H2,1-2H3,(H,21,23). The second-order valence-corrected chi connectivity index (χ2v) is 5.73. The molecule has 2 N–H and O–H groups in total. The molecule has 0 unspecified atom stereocenters. The second-order valence-electron chi connectivity index (χ2n) is 5.73. The predicted molar refractivity (Wildman–Crippen MR) is 96.7 cm³/mol. The third-order valence-corrected chi connectivity index (χ3v) is 4.32. The summed E-state index contributed by atoms with van der Waals surface area (Å²) in [7, 11) is 0. The molecule has 2 aromatic carbocycles. The summed E-state index contributed by atoms with van der Waals surface area (Å²) in [6, 6.07) is 18.1. The molecule has 0 fully saturated rings. The molecule has 4 nitrogen and oxygen atoms in total. The van der Waals surface area contributed by atoms with Crippen molar-refractivity contribution in [1.82, 2.24) is 10.2 Å². The van der Waals surface area contributed by atoms with E-state index < -0.39 is 11.5 Å². The van der Waals surface area contributed by atoms with Gasteiger partial charge in [-0.3, -0.25) is 4.79 Å². The van der Waals surface area contributed by atoms with Gasteiger partial charge in [-0.25, -0.2) is 0 Å². The van der Waals surface area contributed by atoms with Crippen LogP contribution in [0.5, 0.6) is 0 Å². The molecule has 0 bridgehead atoms. The summed E-state index contributed by atoms with van der Waals surface area (Å²) in [5, 5.41) is 14.2. The summed E-state index contributed by atoms with van der Waals surface area (Å²) in [5.41, 5.74) is -0.556. The van der Waals surface area contributed by atoms with Gasteiger partial charge in [0.1, 0.15) is 0 Å². The van der Waals surface area contributed by atoms with E-state index >= 15 is 0 Å². The van der Waals surface area contributed by atoms with Gasteiger partial charge in [0, 0.05) is 13.1 Å². The molecule has 2 rings (SSSR count). The van der Waals surface area contributed by atoms with E-state index in [9.17, 15) is 9.90 Å². The lowest BCUT2D eigenvalue weighted by Crippen LogP contribution is -2.47. The molecule has 0 saturated carbocycles. The first-order chi connectivity index (χ1) is 11.6. The van der Waals surface area contributed by atoms with Crippen molar-refractivity contribution in [1.29, 1.82) is 0 Å². The van der Waals surface area contributed by atoms with Crippen LogP contribution >= 0.6 is 0 Å². The number of aliphatic hydroxyl groups is 1. The number of amides is 1. The van der Waals surface area contributed by atoms with Crippen molar-refractivity contribution < 1.29 is 9.90 Å². The highest BCUT2D eigenvalue weighted by atomic mass is 16.3. The van der Waals surface area contributed by atoms with E-state index in [-0.39, 0.29) is 0 Å². The molecular formula is C20H26N2O2. The Morgan fingerprint density at radius 2 is 1.42 bits per heavy atom. The molecular weight excluding hydrogens is 300 g/mol. The largest absolute Gasteiger partial charge is 0.372 e. The van der Waals surface area contributed by atoms with E-state index in [0.717, 1.165) is 19.6 Å². The van der Waals surface area contributed by atoms with Crippen LogP contribution < -0.4 is 5.32 Å². The average molecular weight is 326 g/mol. The third-order valence-electron chi connectivity index (χ3n) is 4.32. The number of nitrogens with one attached hydrogen (secondary N) is 1. The molecule has 0 atom stereocenters. The maximum absolute atomic E-state index is 12.8. The normalized spacial score (nSPS) is 11.5. The lowest BCUT2D eigenvalue weighted by molar-refractivity contribution is -0.136. The average Bonchev–Trinajstić information content (AvgIpc) is 2.65. The Bertz CT molecular complexity index is 585. The van der Waals surface area contributed by atoms with Crippen molar-refractivity contribution in [3.05, 3.63) is 71.8 Å². The smallest absolute Gasteiger partial charge is 0.261 e. The van der Waals surface area contributed by atoms with Gasteiger partial charge in [0.05, 0.1) is 0 Å². The maximum atomic E-state index is 12.8. The van der Waals surface area contributed by atoms with E-state index in [1.165, 1.54) is 0 Å². The van der Waals surface area contributed by atoms with E-state index in [0.29, 0.717) is 17.7 Å². The van der Waals surface area contributed by atoms with Crippen molar-refractivity contribution in [2.24, 2.45) is 0 Å². The highest BCUT2D eigenvalue weighted by Crippen LogP contribution is 2.29. The van der Waals surface area contributed by atoms with E-state index in [1.807, 2.05) is 36.4 Å². The molecule has 0 aliphatic rings. The van der Waals surface area contributed by atoms with Crippen LogP contribution in [0.3, 0.4) is 0 Å². The fourth-order valence-corrected chi connectivity index (χ4v) is 2.78. The van der Waals surface area contributed by atoms with Gasteiger partial charge in [-0.05, 0) is 24.2 Å². The number of rotatable bonds is 8. The van der Waals surface area contributed by atoms with E-state index in [4.69, 9.17) is 0 Å². The third kappa shape index (κ3) is 4.02. The number of benzene rings is 2. The summed E-state index contributed by atoms with van der Waals surface area (Å²) in [5.74, 6) is -0.396. The molecule has 0 radical (unpaired) electrons. The summed E-state index contributed by atoms with van der Waals surface area (Å²) in [6.45, 7) is 7.33. The topological polar surface area (TPSA) is 52.6 Å². The molecule has 0 heterocycles. The molecule has 0 aromatic heterocycles. The van der Waals surface area contributed by atoms with Gasteiger partial charge in [-0.2, -0.15) is 0 Å². The molecule has 4 heteroatoms. The number of carbonyl (C=O) groups is 1. The first-order valence-electron chi connectivity index (χ1n) is 8.47. The van der Waals surface area contributed by atoms with Crippen LogP contribution in [-0.4, -0.2) is 42.1 Å². The van der Waals surface area contributed by atoms with Gasteiger partial charge in [0.25, 0.3) is 5.91 Å². The quantitative estimate of drug-likeness (QED) is 0.783. The predicted octanol–water partition coefficient (Wildman–Crippen LogP) is 2.38. The Kier molecular flexibility index (Phi) is 6.53. The Morgan fingerprint density at radius 3 is 1.83 bits per heavy atom. The molecule has 0 aliphatic heterocycles. The van der Waals surface area contributed by atoms with Crippen LogP contribution in [0, 0.1) is 0 Å². The SMILES string of the molecule is CCN(CC)CCNC(=O)C(O)(c1ccccc1)c1ccccc1. The lowest BCUT2D eigenvalue weighted by Gasteiger charge is -2.28. The maximum Gasteiger partial charge on any atom is 0.261 e. The number of hydrogen-bond donors (Lipinski definition) is 2. The lowest BCUT2D eigenvalue weighted by atomic mass is 9.85. The van der Waals surface area contributed by atoms with Crippen molar-refractivity contribution in [2.45, 2.75) is 19.4 Å². The zero-order valence-electron chi connectivity index (χ0n) is 14.4. The van der Waals surface area contributed by atoms with Gasteiger partial charge < -0.3 is 15.3 Å². The van der Waals surface area contributed by atoms with Crippen LogP contribution in [-0.2, 0) is 10.4 Å². The van der Waals surface area contributed by atoms with E-state index in [1.54, 1.807) is 24.3 Å². The summed E-state index contributed by atoms with van der Waals surface area (Å²) in [4.78, 5) is 15.1. The van der Waals surface area contributed by atoms with Gasteiger partial charge >= 0.3 is 0 Å². The van der Waals surface area contributed by atoms with Crippen molar-refractivity contribution in [3.63, 3.8) is 0 Å². The summed E-state index contributed by atoms with van der Waals surface area (Å²) in [6.07, 6.45) is 0.